The Labute approximate surface area is 159 Å². The van der Waals surface area contributed by atoms with Gasteiger partial charge in [-0.3, -0.25) is 4.90 Å². The number of unbranched alkanes of at least 4 members (excludes halogenated alkanes) is 2. The Morgan fingerprint density at radius 2 is 1.72 bits per heavy atom. The second-order valence-corrected chi connectivity index (χ2v) is 6.07. The summed E-state index contributed by atoms with van der Waals surface area (Å²) in [5.74, 6) is -0.814. The summed E-state index contributed by atoms with van der Waals surface area (Å²) < 4.78 is 52.7. The van der Waals surface area contributed by atoms with Gasteiger partial charge in [0.2, 0.25) is 0 Å². The Hall–Kier alpha value is -0.560. The molecule has 0 amide bonds. The number of piperazine rings is 1. The Morgan fingerprint density at radius 1 is 1.08 bits per heavy atom. The van der Waals surface area contributed by atoms with Crippen LogP contribution < -0.4 is 5.32 Å². The maximum absolute atomic E-state index is 13.7. The van der Waals surface area contributed by atoms with Gasteiger partial charge in [-0.05, 0) is 30.2 Å². The first-order valence-electron chi connectivity index (χ1n) is 8.24. The summed E-state index contributed by atoms with van der Waals surface area (Å²) in [5, 5.41) is 3.24. The number of benzene rings is 1. The molecule has 25 heavy (non-hydrogen) atoms. The van der Waals surface area contributed by atoms with E-state index < -0.39 is 17.6 Å². The molecule has 1 aliphatic rings. The minimum atomic E-state index is -4.52. The van der Waals surface area contributed by atoms with E-state index in [1.165, 1.54) is 6.07 Å². The van der Waals surface area contributed by atoms with Crippen LogP contribution in [0.25, 0.3) is 0 Å². The molecule has 1 atom stereocenters. The molecule has 146 valence electrons. The summed E-state index contributed by atoms with van der Waals surface area (Å²) in [5.41, 5.74) is -0.460. The molecule has 0 radical (unpaired) electrons. The monoisotopic (exact) mass is 404 g/mol. The molecule has 1 heterocycles. The average molecular weight is 405 g/mol. The van der Waals surface area contributed by atoms with Crippen LogP contribution in [0.2, 0.25) is 0 Å². The van der Waals surface area contributed by atoms with Gasteiger partial charge in [0, 0.05) is 32.2 Å². The molecule has 1 saturated heterocycles. The highest BCUT2D eigenvalue weighted by Gasteiger charge is 2.33. The molecule has 1 aliphatic heterocycles. The van der Waals surface area contributed by atoms with Gasteiger partial charge in [-0.15, -0.1) is 24.8 Å². The third-order valence-corrected chi connectivity index (χ3v) is 4.31. The summed E-state index contributed by atoms with van der Waals surface area (Å²) >= 11 is 0. The van der Waals surface area contributed by atoms with Crippen molar-refractivity contribution in [2.45, 2.75) is 44.8 Å². The largest absolute Gasteiger partial charge is 0.416 e. The van der Waals surface area contributed by atoms with E-state index in [-0.39, 0.29) is 30.9 Å². The summed E-state index contributed by atoms with van der Waals surface area (Å²) in [6.07, 6.45) is -0.749. The van der Waals surface area contributed by atoms with Crippen LogP contribution in [0.15, 0.2) is 18.2 Å². The third-order valence-electron chi connectivity index (χ3n) is 4.31. The van der Waals surface area contributed by atoms with Gasteiger partial charge < -0.3 is 5.32 Å². The van der Waals surface area contributed by atoms with Crippen molar-refractivity contribution in [2.24, 2.45) is 0 Å². The highest BCUT2D eigenvalue weighted by Crippen LogP contribution is 2.34. The normalized spacial score (nSPS) is 16.7. The lowest BCUT2D eigenvalue weighted by Gasteiger charge is -2.35. The molecule has 0 saturated carbocycles. The molecule has 8 heteroatoms. The highest BCUT2D eigenvalue weighted by molar-refractivity contribution is 5.85. The Balaban J connectivity index is 0.00000288. The lowest BCUT2D eigenvalue weighted by Crippen LogP contribution is -2.45. The molecule has 1 aromatic carbocycles. The Morgan fingerprint density at radius 3 is 2.28 bits per heavy atom. The number of nitrogens with one attached hydrogen (secondary N) is 1. The van der Waals surface area contributed by atoms with Crippen LogP contribution in [0.4, 0.5) is 17.6 Å². The van der Waals surface area contributed by atoms with E-state index in [4.69, 9.17) is 0 Å². The predicted molar refractivity (Wildman–Crippen MR) is 97.2 cm³/mol. The van der Waals surface area contributed by atoms with Gasteiger partial charge in [0.1, 0.15) is 5.82 Å². The molecule has 0 aromatic heterocycles. The number of halogens is 6. The first kappa shape index (κ1) is 24.4. The van der Waals surface area contributed by atoms with Gasteiger partial charge in [-0.25, -0.2) is 4.39 Å². The first-order chi connectivity index (χ1) is 10.9. The van der Waals surface area contributed by atoms with Gasteiger partial charge in [0.05, 0.1) is 5.56 Å². The van der Waals surface area contributed by atoms with Crippen LogP contribution in [-0.2, 0) is 6.18 Å². The lowest BCUT2D eigenvalue weighted by molar-refractivity contribution is -0.137. The van der Waals surface area contributed by atoms with E-state index in [2.05, 4.69) is 17.1 Å². The number of alkyl halides is 3. The quantitative estimate of drug-likeness (QED) is 0.516. The number of rotatable bonds is 6. The zero-order valence-corrected chi connectivity index (χ0v) is 15.9. The average Bonchev–Trinajstić information content (AvgIpc) is 2.51. The van der Waals surface area contributed by atoms with Crippen LogP contribution in [0.1, 0.15) is 49.8 Å². The number of hydrogen-bond donors (Lipinski definition) is 1. The minimum absolute atomic E-state index is 0. The van der Waals surface area contributed by atoms with Gasteiger partial charge in [0.15, 0.2) is 0 Å². The fourth-order valence-electron chi connectivity index (χ4n) is 3.11. The van der Waals surface area contributed by atoms with Gasteiger partial charge >= 0.3 is 6.18 Å². The molecule has 0 unspecified atom stereocenters. The van der Waals surface area contributed by atoms with Crippen molar-refractivity contribution in [3.8, 4) is 0 Å². The third kappa shape index (κ3) is 7.29. The summed E-state index contributed by atoms with van der Waals surface area (Å²) in [6.45, 7) is 5.25. The van der Waals surface area contributed by atoms with Crippen molar-refractivity contribution in [3.63, 3.8) is 0 Å². The van der Waals surface area contributed by atoms with Gasteiger partial charge in [0.25, 0.3) is 0 Å². The molecule has 1 fully saturated rings. The second-order valence-electron chi connectivity index (χ2n) is 6.07. The molecule has 2 rings (SSSR count). The highest BCUT2D eigenvalue weighted by atomic mass is 35.5. The van der Waals surface area contributed by atoms with E-state index in [0.717, 1.165) is 57.9 Å². The Bertz CT molecular complexity index is 506. The predicted octanol–water partition coefficient (Wildman–Crippen LogP) is 5.21. The molecule has 0 aliphatic carbocycles. The van der Waals surface area contributed by atoms with E-state index >= 15 is 0 Å². The zero-order chi connectivity index (χ0) is 16.9. The van der Waals surface area contributed by atoms with Crippen LogP contribution in [0.3, 0.4) is 0 Å². The molecule has 0 spiro atoms. The van der Waals surface area contributed by atoms with E-state index in [9.17, 15) is 17.6 Å². The van der Waals surface area contributed by atoms with Crippen LogP contribution in [0.5, 0.6) is 0 Å². The summed E-state index contributed by atoms with van der Waals surface area (Å²) in [6, 6.07) is 2.79. The molecule has 0 bridgehead atoms. The minimum Gasteiger partial charge on any atom is -0.314 e. The van der Waals surface area contributed by atoms with Crippen LogP contribution in [-0.4, -0.2) is 31.1 Å². The molecular weight excluding hydrogens is 379 g/mol. The molecule has 1 aromatic rings. The Kier molecular flexibility index (Phi) is 11.0. The van der Waals surface area contributed by atoms with E-state index in [1.807, 2.05) is 0 Å². The van der Waals surface area contributed by atoms with Crippen molar-refractivity contribution in [1.82, 2.24) is 10.2 Å². The van der Waals surface area contributed by atoms with E-state index in [0.29, 0.717) is 11.6 Å². The van der Waals surface area contributed by atoms with Crippen LogP contribution >= 0.6 is 24.8 Å². The fraction of sp³-hybridized carbons (Fsp3) is 0.647. The van der Waals surface area contributed by atoms with Crippen molar-refractivity contribution in [2.75, 3.05) is 26.2 Å². The van der Waals surface area contributed by atoms with Gasteiger partial charge in [-0.2, -0.15) is 13.2 Å². The maximum Gasteiger partial charge on any atom is 0.416 e. The summed E-state index contributed by atoms with van der Waals surface area (Å²) in [4.78, 5) is 2.17. The SMILES string of the molecule is CCCCC[C@H](c1cc(F)cc(C(F)(F)F)c1)N1CCNCC1.Cl.Cl. The van der Waals surface area contributed by atoms with Crippen molar-refractivity contribution in [3.05, 3.63) is 35.1 Å². The van der Waals surface area contributed by atoms with Crippen LogP contribution in [0, 0.1) is 5.82 Å². The zero-order valence-electron chi connectivity index (χ0n) is 14.2. The molecular formula is C17H26Cl2F4N2. The first-order valence-corrected chi connectivity index (χ1v) is 8.24. The van der Waals surface area contributed by atoms with Crippen molar-refractivity contribution >= 4 is 24.8 Å². The topological polar surface area (TPSA) is 15.3 Å². The maximum atomic E-state index is 13.7. The molecule has 1 N–H and O–H groups in total. The van der Waals surface area contributed by atoms with Crippen molar-refractivity contribution in [1.29, 1.82) is 0 Å². The fourth-order valence-corrected chi connectivity index (χ4v) is 3.11. The molecule has 2 nitrogen and oxygen atoms in total. The lowest BCUT2D eigenvalue weighted by atomic mass is 9.96. The smallest absolute Gasteiger partial charge is 0.314 e. The second kappa shape index (κ2) is 11.2. The van der Waals surface area contributed by atoms with Crippen molar-refractivity contribution < 1.29 is 17.6 Å². The van der Waals surface area contributed by atoms with E-state index in [1.54, 1.807) is 0 Å². The van der Waals surface area contributed by atoms with Gasteiger partial charge in [-0.1, -0.05) is 26.2 Å². The standard InChI is InChI=1S/C17H24F4N2.2ClH/c1-2-3-4-5-16(23-8-6-22-7-9-23)13-10-14(17(19,20)21)12-15(18)11-13;;/h10-12,16,22H,2-9H2,1H3;2*1H/t16-;;/m1../s1. The number of hydrogen-bond acceptors (Lipinski definition) is 2. The number of nitrogens with zero attached hydrogens (tertiary/aromatic N) is 1. The summed E-state index contributed by atoms with van der Waals surface area (Å²) in [7, 11) is 0.